The van der Waals surface area contributed by atoms with Crippen molar-refractivity contribution < 1.29 is 9.53 Å². The van der Waals surface area contributed by atoms with Crippen LogP contribution in [0, 0.1) is 19.8 Å². The minimum absolute atomic E-state index is 0.133. The molecule has 0 bridgehead atoms. The van der Waals surface area contributed by atoms with Gasteiger partial charge in [0.1, 0.15) is 0 Å². The molecule has 3 rings (SSSR count). The first-order valence-corrected chi connectivity index (χ1v) is 10.4. The maximum Gasteiger partial charge on any atom is 0.315 e. The zero-order valence-corrected chi connectivity index (χ0v) is 17.8. The van der Waals surface area contributed by atoms with Crippen molar-refractivity contribution in [2.45, 2.75) is 40.4 Å². The van der Waals surface area contributed by atoms with E-state index in [0.717, 1.165) is 56.3 Å². The highest BCUT2D eigenvalue weighted by atomic mass is 16.5. The molecule has 1 aliphatic heterocycles. The number of morpholine rings is 1. The number of nitrogens with zero attached hydrogens (tertiary/aromatic N) is 3. The van der Waals surface area contributed by atoms with Crippen LogP contribution in [0.5, 0.6) is 0 Å². The van der Waals surface area contributed by atoms with Gasteiger partial charge in [-0.15, -0.1) is 0 Å². The molecule has 1 aromatic heterocycles. The molecule has 1 aliphatic rings. The summed E-state index contributed by atoms with van der Waals surface area (Å²) in [4.78, 5) is 14.7. The largest absolute Gasteiger partial charge is 0.379 e. The topological polar surface area (TPSA) is 71.4 Å². The first kappa shape index (κ1) is 21.3. The Morgan fingerprint density at radius 2 is 1.90 bits per heavy atom. The summed E-state index contributed by atoms with van der Waals surface area (Å²) in [6.07, 6.45) is 0. The molecule has 0 aliphatic carbocycles. The molecule has 158 valence electrons. The van der Waals surface area contributed by atoms with Crippen molar-refractivity contribution >= 4 is 6.03 Å². The predicted molar refractivity (Wildman–Crippen MR) is 114 cm³/mol. The van der Waals surface area contributed by atoms with E-state index >= 15 is 0 Å². The second-order valence-corrected chi connectivity index (χ2v) is 7.94. The van der Waals surface area contributed by atoms with E-state index in [-0.39, 0.29) is 6.03 Å². The molecule has 0 radical (unpaired) electrons. The Bertz CT molecular complexity index is 798. The molecular weight excluding hydrogens is 366 g/mol. The highest BCUT2D eigenvalue weighted by Crippen LogP contribution is 2.13. The fourth-order valence-electron chi connectivity index (χ4n) is 3.61. The van der Waals surface area contributed by atoms with E-state index in [1.165, 1.54) is 5.56 Å². The monoisotopic (exact) mass is 399 g/mol. The van der Waals surface area contributed by atoms with Crippen molar-refractivity contribution in [2.75, 3.05) is 32.8 Å². The number of carbonyl (C=O) groups excluding carboxylic acids is 1. The Balaban J connectivity index is 1.43. The maximum atomic E-state index is 12.3. The van der Waals surface area contributed by atoms with Gasteiger partial charge in [0.15, 0.2) is 0 Å². The smallest absolute Gasteiger partial charge is 0.315 e. The Labute approximate surface area is 173 Å². The zero-order valence-electron chi connectivity index (χ0n) is 17.8. The molecular formula is C22H33N5O2. The normalized spacial score (nSPS) is 15.8. The molecule has 1 atom stereocenters. The van der Waals surface area contributed by atoms with Gasteiger partial charge in [0.05, 0.1) is 18.9 Å². The average molecular weight is 400 g/mol. The van der Waals surface area contributed by atoms with E-state index < -0.39 is 0 Å². The summed E-state index contributed by atoms with van der Waals surface area (Å²) in [5.74, 6) is 0.298. The Hall–Kier alpha value is -2.38. The van der Waals surface area contributed by atoms with Gasteiger partial charge in [0.2, 0.25) is 0 Å². The molecule has 2 heterocycles. The molecule has 1 fully saturated rings. The molecule has 1 aromatic carbocycles. The first-order valence-electron chi connectivity index (χ1n) is 10.4. The number of carbonyl (C=O) groups is 1. The third kappa shape index (κ3) is 6.58. The molecule has 7 nitrogen and oxygen atoms in total. The van der Waals surface area contributed by atoms with Gasteiger partial charge >= 0.3 is 6.03 Å². The van der Waals surface area contributed by atoms with E-state index in [1.807, 2.05) is 17.7 Å². The van der Waals surface area contributed by atoms with Gasteiger partial charge in [-0.2, -0.15) is 5.10 Å². The van der Waals surface area contributed by atoms with Crippen LogP contribution in [0.4, 0.5) is 4.79 Å². The van der Waals surface area contributed by atoms with Crippen molar-refractivity contribution in [1.82, 2.24) is 25.3 Å². The van der Waals surface area contributed by atoms with Crippen LogP contribution in [0.2, 0.25) is 0 Å². The van der Waals surface area contributed by atoms with Crippen LogP contribution in [0.25, 0.3) is 0 Å². The Morgan fingerprint density at radius 3 is 2.59 bits per heavy atom. The number of benzene rings is 1. The number of urea groups is 1. The molecule has 1 saturated heterocycles. The third-order valence-electron chi connectivity index (χ3n) is 5.25. The van der Waals surface area contributed by atoms with Gasteiger partial charge in [0.25, 0.3) is 0 Å². The molecule has 0 spiro atoms. The summed E-state index contributed by atoms with van der Waals surface area (Å²) in [5.41, 5.74) is 4.59. The van der Waals surface area contributed by atoms with Gasteiger partial charge in [-0.25, -0.2) is 4.79 Å². The van der Waals surface area contributed by atoms with E-state index in [9.17, 15) is 4.79 Å². The predicted octanol–water partition coefficient (Wildman–Crippen LogP) is 2.47. The molecule has 1 unspecified atom stereocenters. The highest BCUT2D eigenvalue weighted by Gasteiger charge is 2.13. The van der Waals surface area contributed by atoms with Crippen LogP contribution in [0.15, 0.2) is 30.3 Å². The lowest BCUT2D eigenvalue weighted by Crippen LogP contribution is -2.39. The Kier molecular flexibility index (Phi) is 7.66. The first-order chi connectivity index (χ1) is 14.0. The maximum absolute atomic E-state index is 12.3. The van der Waals surface area contributed by atoms with Crippen LogP contribution in [0.1, 0.15) is 29.4 Å². The van der Waals surface area contributed by atoms with E-state index in [4.69, 9.17) is 4.74 Å². The highest BCUT2D eigenvalue weighted by molar-refractivity contribution is 5.73. The molecule has 2 amide bonds. The number of nitrogens with one attached hydrogen (secondary N) is 2. The van der Waals surface area contributed by atoms with Crippen molar-refractivity contribution in [2.24, 2.45) is 5.92 Å². The molecule has 2 N–H and O–H groups in total. The van der Waals surface area contributed by atoms with E-state index in [2.05, 4.69) is 58.7 Å². The van der Waals surface area contributed by atoms with Crippen LogP contribution in [-0.4, -0.2) is 53.6 Å². The zero-order chi connectivity index (χ0) is 20.6. The summed E-state index contributed by atoms with van der Waals surface area (Å²) in [6.45, 7) is 12.5. The van der Waals surface area contributed by atoms with Gasteiger partial charge in [-0.1, -0.05) is 31.2 Å². The molecule has 29 heavy (non-hydrogen) atoms. The van der Waals surface area contributed by atoms with E-state index in [1.54, 1.807) is 0 Å². The molecule has 2 aromatic rings. The quantitative estimate of drug-likeness (QED) is 0.715. The van der Waals surface area contributed by atoms with Crippen molar-refractivity contribution in [1.29, 1.82) is 0 Å². The number of amides is 2. The van der Waals surface area contributed by atoms with Gasteiger partial charge in [-0.05, 0) is 37.0 Å². The molecule has 0 saturated carbocycles. The van der Waals surface area contributed by atoms with Crippen LogP contribution >= 0.6 is 0 Å². The lowest BCUT2D eigenvalue weighted by atomic mass is 10.1. The van der Waals surface area contributed by atoms with Gasteiger partial charge < -0.3 is 15.4 Å². The van der Waals surface area contributed by atoms with Crippen LogP contribution < -0.4 is 10.6 Å². The van der Waals surface area contributed by atoms with E-state index in [0.29, 0.717) is 19.0 Å². The average Bonchev–Trinajstić information content (AvgIpc) is 3.03. The second kappa shape index (κ2) is 10.4. The minimum atomic E-state index is -0.133. The summed E-state index contributed by atoms with van der Waals surface area (Å²) in [6, 6.07) is 10.2. The summed E-state index contributed by atoms with van der Waals surface area (Å²) in [7, 11) is 0. The Morgan fingerprint density at radius 1 is 1.17 bits per heavy atom. The third-order valence-corrected chi connectivity index (χ3v) is 5.25. The van der Waals surface area contributed by atoms with Crippen LogP contribution in [-0.2, 0) is 24.4 Å². The fraction of sp³-hybridized carbons (Fsp3) is 0.545. The number of aromatic nitrogens is 2. The summed E-state index contributed by atoms with van der Waals surface area (Å²) >= 11 is 0. The van der Waals surface area contributed by atoms with Gasteiger partial charge in [0, 0.05) is 45.0 Å². The standard InChI is InChI=1S/C22H33N5O2/c1-17(15-27-19(3)12-18(2)25-27)13-23-22(28)24-14-20-6-4-5-7-21(20)16-26-8-10-29-11-9-26/h4-7,12,17H,8-11,13-16H2,1-3H3,(H2,23,24,28). The summed E-state index contributed by atoms with van der Waals surface area (Å²) in [5, 5.41) is 10.5. The van der Waals surface area contributed by atoms with Crippen molar-refractivity contribution in [3.63, 3.8) is 0 Å². The number of ether oxygens (including phenoxy) is 1. The number of hydrogen-bond acceptors (Lipinski definition) is 4. The number of aryl methyl sites for hydroxylation is 2. The number of hydrogen-bond donors (Lipinski definition) is 2. The summed E-state index contributed by atoms with van der Waals surface area (Å²) < 4.78 is 7.43. The second-order valence-electron chi connectivity index (χ2n) is 7.94. The fourth-order valence-corrected chi connectivity index (χ4v) is 3.61. The lowest BCUT2D eigenvalue weighted by Gasteiger charge is -2.27. The van der Waals surface area contributed by atoms with Gasteiger partial charge in [-0.3, -0.25) is 9.58 Å². The number of rotatable bonds is 8. The van der Waals surface area contributed by atoms with Crippen molar-refractivity contribution in [3.8, 4) is 0 Å². The minimum Gasteiger partial charge on any atom is -0.379 e. The molecule has 7 heteroatoms. The van der Waals surface area contributed by atoms with Crippen molar-refractivity contribution in [3.05, 3.63) is 52.8 Å². The lowest BCUT2D eigenvalue weighted by molar-refractivity contribution is 0.0341. The van der Waals surface area contributed by atoms with Crippen LogP contribution in [0.3, 0.4) is 0 Å². The SMILES string of the molecule is Cc1cc(C)n(CC(C)CNC(=O)NCc2ccccc2CN2CCOCC2)n1.